The van der Waals surface area contributed by atoms with Crippen LogP contribution in [0.15, 0.2) is 180 Å². The maximum absolute atomic E-state index is 12.9. The molecule has 13 aromatic rings. The third-order valence-electron chi connectivity index (χ3n) is 16.1. The number of carboxylic acid groups (broad SMARTS) is 1. The number of nitrogens with zero attached hydrogens (tertiary/aromatic N) is 15. The van der Waals surface area contributed by atoms with Gasteiger partial charge in [-0.2, -0.15) is 10.2 Å². The second kappa shape index (κ2) is 54.8. The number of H-pyrrole nitrogens is 1. The molecule has 1 aliphatic rings. The molecular formula is C75H90B2Br4Cl4F9N19O14V2-2. The first-order valence-electron chi connectivity index (χ1n) is 33.3. The first kappa shape index (κ1) is 126. The van der Waals surface area contributed by atoms with Crippen LogP contribution in [-0.2, 0) is 86.5 Å². The van der Waals surface area contributed by atoms with Crippen LogP contribution in [0.4, 0.5) is 56.6 Å². The maximum atomic E-state index is 12.9. The molecule has 9 N–H and O–H groups in total. The number of carbonyl (C=O) groups is 1. The van der Waals surface area contributed by atoms with Crippen LogP contribution in [0.2, 0.25) is 15.3 Å². The van der Waals surface area contributed by atoms with E-state index < -0.39 is 36.9 Å². The zero-order chi connectivity index (χ0) is 90.0. The van der Waals surface area contributed by atoms with Gasteiger partial charge in [-0.15, -0.1) is 51.9 Å². The van der Waals surface area contributed by atoms with Crippen LogP contribution in [0.25, 0.3) is 55.6 Å². The second-order valence-electron chi connectivity index (χ2n) is 24.9. The molecule has 1 aliphatic heterocycles. The average molecular weight is 2240 g/mol. The number of pyridine rings is 5. The molecular weight excluding hydrogens is 2150 g/mol. The normalized spacial score (nSPS) is 11.5. The van der Waals surface area contributed by atoms with E-state index in [0.717, 1.165) is 85.3 Å². The summed E-state index contributed by atoms with van der Waals surface area (Å²) in [6, 6.07) is 14.4. The molecule has 1 fully saturated rings. The first-order chi connectivity index (χ1) is 56.0. The van der Waals surface area contributed by atoms with Gasteiger partial charge < -0.3 is 89.0 Å². The minimum atomic E-state index is -4.78. The number of nitrogen functional groups attached to an aromatic ring is 1. The van der Waals surface area contributed by atoms with Gasteiger partial charge >= 0.3 is 39.0 Å². The number of hydrogen-bond donors (Lipinski definition) is 7. The van der Waals surface area contributed by atoms with Crippen LogP contribution >= 0.6 is 111 Å². The van der Waals surface area contributed by atoms with Crippen molar-refractivity contribution in [2.45, 2.75) is 87.7 Å². The third kappa shape index (κ3) is 34.6. The average Bonchev–Trinajstić information content (AvgIpc) is 1.64. The number of aryl methyl sites for hydroxylation is 5. The van der Waals surface area contributed by atoms with Gasteiger partial charge in [0.05, 0.1) is 87.1 Å². The molecule has 1 saturated heterocycles. The number of anilines is 2. The van der Waals surface area contributed by atoms with Crippen molar-refractivity contribution in [3.63, 3.8) is 0 Å². The summed E-state index contributed by atoms with van der Waals surface area (Å²) < 4.78 is 146. The molecule has 129 heavy (non-hydrogen) atoms. The summed E-state index contributed by atoms with van der Waals surface area (Å²) in [6.07, 6.45) is 5.26. The standard InChI is InChI=1S/C18H14F3N5O2.C14H9BrF3N3O2.C10H17BN2O2.C7H6BF3O3.C7H6BrN3O.C6H7BrClN3.C5HBrCl2N2O2.CH5N.CH2O2.4CH4.2CH3.ClH.2V/c1-24-10-22-15-16(24)14(11-7-23-25(2)8-11)9-26(17(15)27)12-3-5-13(6-4-12)28-18(19,20)21;1-20-7-19-11-12(20)10(15)6-21(13(11)22)8-2-4-9(5-3-8)23-14(16,17)18;1-9(2)10(3,4)15-11(14-9)8-6-12-13(5)7-8;9-7(10,11)14-6-3-1-5(2-4-6)8(12)13;1-11-3-10-5-6(11)4(8)2-9-7(5)12;1-10-5-3(7)2-11-6(8)4(5)9;6-2-1-9-5(8)4(3(2)7)10(11)12;1-2;2-1-3;;;;;;;;;/h3-10H,1-2H3;2-7H,1H3;6-7H,1-5H3;1-4,12-13H;2-3H,1H3,(H,9,12);2H,9H2,1H3,(H,10,11);1H;2H2,1H3;1H,(H,2,3);4*1H4;2*1H3;1H;;/q;;;;;;;;;;;;;2*-1;;;. The van der Waals surface area contributed by atoms with Crippen molar-refractivity contribution in [2.75, 3.05) is 25.1 Å². The van der Waals surface area contributed by atoms with Crippen LogP contribution in [0.1, 0.15) is 57.4 Å². The Labute approximate surface area is 813 Å². The molecule has 54 heteroatoms. The van der Waals surface area contributed by atoms with Crippen LogP contribution in [0.5, 0.6) is 17.2 Å². The number of nitrogens with one attached hydrogen (secondary N) is 2. The Morgan fingerprint density at radius 1 is 0.589 bits per heavy atom. The number of halogens is 17. The van der Waals surface area contributed by atoms with E-state index in [2.05, 4.69) is 129 Å². The molecule has 0 saturated carbocycles. The minimum absolute atomic E-state index is 0. The Balaban J connectivity index is -0.000000710. The monoisotopic (exact) mass is 2230 g/mol. The molecule has 0 aliphatic carbocycles. The summed E-state index contributed by atoms with van der Waals surface area (Å²) >= 11 is 29.7. The van der Waals surface area contributed by atoms with Crippen molar-refractivity contribution < 1.29 is 125 Å². The van der Waals surface area contributed by atoms with Gasteiger partial charge in [0.15, 0.2) is 21.7 Å². The van der Waals surface area contributed by atoms with E-state index in [1.54, 1.807) is 101 Å². The van der Waals surface area contributed by atoms with Crippen molar-refractivity contribution in [3.8, 4) is 39.8 Å². The number of nitro groups is 1. The third-order valence-corrected chi connectivity index (χ3v) is 19.7. The van der Waals surface area contributed by atoms with Gasteiger partial charge in [0, 0.05) is 157 Å². The Bertz CT molecular complexity index is 5890. The van der Waals surface area contributed by atoms with Crippen molar-refractivity contribution >= 4 is 193 Å². The van der Waals surface area contributed by atoms with Crippen LogP contribution < -0.4 is 58.6 Å². The van der Waals surface area contributed by atoms with Gasteiger partial charge in [-0.05, 0) is 165 Å². The smallest absolute Gasteiger partial charge is 0.483 e. The number of imidazole rings is 3. The van der Waals surface area contributed by atoms with Crippen molar-refractivity contribution in [1.82, 2.24) is 72.3 Å². The van der Waals surface area contributed by atoms with E-state index >= 15 is 0 Å². The molecule has 706 valence electrons. The summed E-state index contributed by atoms with van der Waals surface area (Å²) in [7, 11) is 10.3. The topological polar surface area (TPSA) is 423 Å². The number of nitrogens with two attached hydrogens (primary N) is 2. The number of hydrogen-bond acceptors (Lipinski definition) is 23. The van der Waals surface area contributed by atoms with Gasteiger partial charge in [0.2, 0.25) is 5.15 Å². The number of ether oxygens (including phenoxy) is 3. The van der Waals surface area contributed by atoms with Gasteiger partial charge in [-0.1, -0.05) is 76.6 Å². The number of rotatable bonds is 10. The quantitative estimate of drug-likeness (QED) is 0.0127. The molecule has 10 aromatic heterocycles. The predicted octanol–water partition coefficient (Wildman–Crippen LogP) is 16.7. The van der Waals surface area contributed by atoms with Crippen LogP contribution in [0.3, 0.4) is 0 Å². The fourth-order valence-corrected chi connectivity index (χ4v) is 12.8. The van der Waals surface area contributed by atoms with Gasteiger partial charge in [-0.3, -0.25) is 47.8 Å². The van der Waals surface area contributed by atoms with Gasteiger partial charge in [0.1, 0.15) is 22.3 Å². The summed E-state index contributed by atoms with van der Waals surface area (Å²) in [6.45, 7) is 7.93. The van der Waals surface area contributed by atoms with Gasteiger partial charge in [0.25, 0.3) is 23.2 Å². The fourth-order valence-electron chi connectivity index (χ4n) is 10.1. The minimum Gasteiger partial charge on any atom is -0.483 e. The molecule has 11 heterocycles. The van der Waals surface area contributed by atoms with E-state index in [1.165, 1.54) is 59.3 Å². The SMILES string of the molecule is C.C.C.C.CN.CNc1c(Br)cnc(Cl)c1N.Cl.Cn1cc(-c2cn(-c3ccc(OC(F)(F)F)cc3)c(=O)c3ncn(C)c23)cn1.Cn1cc(B2OC(C)(C)C(C)(C)O2)cn1.Cn1cnc2c(=O)[nH]cc(Br)c21.Cn1cnc2c(=O)n(-c3ccc(OC(F)(F)F)cc3)cc(Br)c21.O=CO.O=[N+]([O-])c1c(Cl)ncc(Br)c1Cl.OB(O)c1ccc(OC(F)(F)F)cc1.[CH3-].[CH3-].[V].[V]. The predicted molar refractivity (Wildman–Crippen MR) is 492 cm³/mol. The zero-order valence-electron chi connectivity index (χ0n) is 67.1. The molecule has 3 aromatic carbocycles. The van der Waals surface area contributed by atoms with Crippen molar-refractivity contribution in [2.24, 2.45) is 41.0 Å². The maximum Gasteiger partial charge on any atom is 0.573 e. The molecule has 2 radical (unpaired) electrons. The number of fused-ring (bicyclic) bond motifs is 3. The summed E-state index contributed by atoms with van der Waals surface area (Å²) in [5, 5.41) is 45.8. The van der Waals surface area contributed by atoms with E-state index in [1.807, 2.05) is 48.0 Å². The fraction of sp³-hybridized carbons (Fsp3) is 0.267. The summed E-state index contributed by atoms with van der Waals surface area (Å²) in [5.74, 6) is -1.12. The Morgan fingerprint density at radius 2 is 0.969 bits per heavy atom. The number of benzene rings is 3. The second-order valence-corrected chi connectivity index (χ2v) is 29.4. The van der Waals surface area contributed by atoms with E-state index in [0.29, 0.717) is 47.7 Å². The Kier molecular flexibility index (Phi) is 53.6. The van der Waals surface area contributed by atoms with E-state index in [-0.39, 0.29) is 179 Å². The molecule has 0 amide bonds. The molecule has 33 nitrogen and oxygen atoms in total. The Morgan fingerprint density at radius 3 is 1.34 bits per heavy atom. The first-order valence-corrected chi connectivity index (χ1v) is 37.6. The van der Waals surface area contributed by atoms with E-state index in [9.17, 15) is 64.0 Å². The summed E-state index contributed by atoms with van der Waals surface area (Å²) in [4.78, 5) is 76.8. The van der Waals surface area contributed by atoms with Gasteiger partial charge in [-0.25, -0.2) is 24.9 Å². The molecule has 0 bridgehead atoms. The number of aromatic amines is 1. The molecule has 0 spiro atoms. The summed E-state index contributed by atoms with van der Waals surface area (Å²) in [5.41, 5.74) is 15.9. The largest absolute Gasteiger partial charge is 0.573 e. The van der Waals surface area contributed by atoms with E-state index in [4.69, 9.17) is 69.8 Å². The number of alkyl halides is 9. The van der Waals surface area contributed by atoms with Crippen LogP contribution in [-0.4, -0.2) is 157 Å². The number of aromatic nitrogens is 15. The molecule has 0 atom stereocenters. The Hall–Kier alpha value is -8.94. The van der Waals surface area contributed by atoms with Crippen molar-refractivity contribution in [1.29, 1.82) is 0 Å². The molecule has 14 rings (SSSR count). The van der Waals surface area contributed by atoms with Crippen molar-refractivity contribution in [3.05, 3.63) is 237 Å². The zero-order valence-corrected chi connectivity index (χ0v) is 79.4. The van der Waals surface area contributed by atoms with Crippen LogP contribution in [0, 0.1) is 25.0 Å². The molecule has 0 unspecified atom stereocenters.